The van der Waals surface area contributed by atoms with Crippen molar-refractivity contribution < 1.29 is 4.79 Å². The van der Waals surface area contributed by atoms with Crippen molar-refractivity contribution in [3.8, 4) is 0 Å². The van der Waals surface area contributed by atoms with E-state index in [0.717, 1.165) is 45.2 Å². The van der Waals surface area contributed by atoms with E-state index in [0.29, 0.717) is 0 Å². The molecular formula is C11H22N2O. The average molecular weight is 198 g/mol. The van der Waals surface area contributed by atoms with Gasteiger partial charge < -0.3 is 14.6 Å². The molecule has 0 amide bonds. The van der Waals surface area contributed by atoms with Crippen LogP contribution in [0.15, 0.2) is 0 Å². The lowest BCUT2D eigenvalue weighted by molar-refractivity contribution is -0.110. The Morgan fingerprint density at radius 1 is 1.36 bits per heavy atom. The molecule has 0 bridgehead atoms. The molecular weight excluding hydrogens is 176 g/mol. The molecule has 0 atom stereocenters. The summed E-state index contributed by atoms with van der Waals surface area (Å²) < 4.78 is 0. The van der Waals surface area contributed by atoms with Crippen LogP contribution in [0.4, 0.5) is 0 Å². The summed E-state index contributed by atoms with van der Waals surface area (Å²) in [7, 11) is 6.33. The molecule has 0 unspecified atom stereocenters. The third-order valence-corrected chi connectivity index (χ3v) is 3.22. The summed E-state index contributed by atoms with van der Waals surface area (Å²) in [5, 5.41) is 0. The van der Waals surface area contributed by atoms with E-state index in [4.69, 9.17) is 0 Å². The van der Waals surface area contributed by atoms with Crippen molar-refractivity contribution >= 4 is 6.29 Å². The van der Waals surface area contributed by atoms with Crippen LogP contribution in [0.5, 0.6) is 0 Å². The number of aldehydes is 1. The molecule has 1 aliphatic rings. The van der Waals surface area contributed by atoms with Gasteiger partial charge in [0.1, 0.15) is 6.29 Å². The molecule has 0 N–H and O–H groups in total. The summed E-state index contributed by atoms with van der Waals surface area (Å²) >= 11 is 0. The zero-order valence-electron chi connectivity index (χ0n) is 9.62. The molecule has 0 spiro atoms. The second-order valence-electron chi connectivity index (χ2n) is 4.91. The molecule has 82 valence electrons. The quantitative estimate of drug-likeness (QED) is 0.626. The summed E-state index contributed by atoms with van der Waals surface area (Å²) in [5.41, 5.74) is 0.248. The number of carbonyl (C=O) groups excluding carboxylic acids is 1. The first-order valence-electron chi connectivity index (χ1n) is 5.35. The molecule has 1 fully saturated rings. The average Bonchev–Trinajstić information content (AvgIpc) is 2.10. The molecule has 0 aromatic heterocycles. The molecule has 3 heteroatoms. The van der Waals surface area contributed by atoms with Crippen LogP contribution in [-0.2, 0) is 4.79 Å². The third kappa shape index (κ3) is 3.07. The molecule has 1 aliphatic heterocycles. The van der Waals surface area contributed by atoms with Gasteiger partial charge in [0.15, 0.2) is 0 Å². The van der Waals surface area contributed by atoms with Crippen LogP contribution in [0.25, 0.3) is 0 Å². The molecule has 1 rings (SSSR count). The van der Waals surface area contributed by atoms with E-state index in [-0.39, 0.29) is 5.41 Å². The van der Waals surface area contributed by atoms with Gasteiger partial charge in [-0.2, -0.15) is 0 Å². The molecule has 3 nitrogen and oxygen atoms in total. The van der Waals surface area contributed by atoms with Gasteiger partial charge in [-0.3, -0.25) is 0 Å². The second-order valence-corrected chi connectivity index (χ2v) is 4.91. The van der Waals surface area contributed by atoms with Gasteiger partial charge in [0, 0.05) is 13.0 Å². The summed E-state index contributed by atoms with van der Waals surface area (Å²) in [6, 6.07) is 0. The number of carbonyl (C=O) groups is 1. The van der Waals surface area contributed by atoms with Crippen LogP contribution in [-0.4, -0.2) is 56.9 Å². The number of rotatable bonds is 4. The van der Waals surface area contributed by atoms with Crippen molar-refractivity contribution in [1.82, 2.24) is 9.80 Å². The van der Waals surface area contributed by atoms with Crippen molar-refractivity contribution in [3.63, 3.8) is 0 Å². The molecule has 1 heterocycles. The van der Waals surface area contributed by atoms with Crippen LogP contribution in [0.2, 0.25) is 0 Å². The van der Waals surface area contributed by atoms with Crippen LogP contribution in [0, 0.1) is 5.41 Å². The lowest BCUT2D eigenvalue weighted by Crippen LogP contribution is -2.43. The second kappa shape index (κ2) is 4.89. The van der Waals surface area contributed by atoms with Crippen LogP contribution >= 0.6 is 0 Å². The summed E-state index contributed by atoms with van der Waals surface area (Å²) in [4.78, 5) is 15.3. The number of piperidine rings is 1. The van der Waals surface area contributed by atoms with Gasteiger partial charge >= 0.3 is 0 Å². The van der Waals surface area contributed by atoms with Gasteiger partial charge in [-0.1, -0.05) is 0 Å². The minimum absolute atomic E-state index is 0.248. The molecule has 1 saturated heterocycles. The van der Waals surface area contributed by atoms with Gasteiger partial charge in [0.05, 0.1) is 0 Å². The van der Waals surface area contributed by atoms with Crippen molar-refractivity contribution in [2.24, 2.45) is 5.41 Å². The summed E-state index contributed by atoms with van der Waals surface area (Å²) in [6.07, 6.45) is 4.12. The van der Waals surface area contributed by atoms with Crippen molar-refractivity contribution in [2.45, 2.75) is 19.3 Å². The lowest BCUT2D eigenvalue weighted by Gasteiger charge is -2.41. The van der Waals surface area contributed by atoms with Gasteiger partial charge in [0.25, 0.3) is 0 Å². The Balaban J connectivity index is 2.57. The lowest BCUT2D eigenvalue weighted by atomic mass is 9.76. The smallest absolute Gasteiger partial charge is 0.120 e. The van der Waals surface area contributed by atoms with Crippen molar-refractivity contribution in [3.05, 3.63) is 0 Å². The molecule has 0 aromatic carbocycles. The Morgan fingerprint density at radius 3 is 2.36 bits per heavy atom. The number of hydrogen-bond acceptors (Lipinski definition) is 3. The monoisotopic (exact) mass is 198 g/mol. The zero-order chi connectivity index (χ0) is 10.6. The first-order chi connectivity index (χ1) is 6.58. The Kier molecular flexibility index (Phi) is 4.08. The number of likely N-dealkylation sites (tertiary alicyclic amines) is 1. The van der Waals surface area contributed by atoms with Crippen LogP contribution in [0.1, 0.15) is 19.3 Å². The highest BCUT2D eigenvalue weighted by Gasteiger charge is 2.33. The van der Waals surface area contributed by atoms with E-state index in [1.165, 1.54) is 0 Å². The zero-order valence-corrected chi connectivity index (χ0v) is 9.62. The van der Waals surface area contributed by atoms with E-state index >= 15 is 0 Å². The number of hydrogen-bond donors (Lipinski definition) is 0. The maximum atomic E-state index is 10.7. The fourth-order valence-electron chi connectivity index (χ4n) is 2.37. The SMILES string of the molecule is CN(C)CC1(CC=O)CCN(C)CC1. The van der Waals surface area contributed by atoms with E-state index in [9.17, 15) is 4.79 Å². The Hall–Kier alpha value is -0.410. The highest BCUT2D eigenvalue weighted by atomic mass is 16.1. The predicted molar refractivity (Wildman–Crippen MR) is 58.4 cm³/mol. The van der Waals surface area contributed by atoms with Crippen molar-refractivity contribution in [1.29, 1.82) is 0 Å². The highest BCUT2D eigenvalue weighted by molar-refractivity contribution is 5.51. The van der Waals surface area contributed by atoms with Gasteiger partial charge in [-0.15, -0.1) is 0 Å². The first kappa shape index (κ1) is 11.7. The molecule has 0 saturated carbocycles. The maximum Gasteiger partial charge on any atom is 0.120 e. The molecule has 14 heavy (non-hydrogen) atoms. The minimum atomic E-state index is 0.248. The normalized spacial score (nSPS) is 22.6. The third-order valence-electron chi connectivity index (χ3n) is 3.22. The van der Waals surface area contributed by atoms with E-state index in [1.807, 2.05) is 0 Å². The van der Waals surface area contributed by atoms with Crippen LogP contribution < -0.4 is 0 Å². The maximum absolute atomic E-state index is 10.7. The largest absolute Gasteiger partial charge is 0.309 e. The topological polar surface area (TPSA) is 23.6 Å². The Labute approximate surface area is 87.1 Å². The standard InChI is InChI=1S/C11H22N2O/c1-12(2)10-11(6-9-14)4-7-13(3)8-5-11/h9H,4-8,10H2,1-3H3. The molecule has 0 aliphatic carbocycles. The minimum Gasteiger partial charge on any atom is -0.309 e. The van der Waals surface area contributed by atoms with E-state index in [1.54, 1.807) is 0 Å². The molecule has 0 radical (unpaired) electrons. The molecule has 0 aromatic rings. The van der Waals surface area contributed by atoms with Crippen molar-refractivity contribution in [2.75, 3.05) is 40.8 Å². The highest BCUT2D eigenvalue weighted by Crippen LogP contribution is 2.34. The number of nitrogens with zero attached hydrogens (tertiary/aromatic N) is 2. The Bertz CT molecular complexity index is 184. The Morgan fingerprint density at radius 2 is 1.93 bits per heavy atom. The summed E-state index contributed by atoms with van der Waals surface area (Å²) in [5.74, 6) is 0. The van der Waals surface area contributed by atoms with Gasteiger partial charge in [-0.25, -0.2) is 0 Å². The predicted octanol–water partition coefficient (Wildman–Crippen LogP) is 0.849. The van der Waals surface area contributed by atoms with Gasteiger partial charge in [-0.05, 0) is 52.5 Å². The van der Waals surface area contributed by atoms with E-state index in [2.05, 4.69) is 30.9 Å². The first-order valence-corrected chi connectivity index (χ1v) is 5.35. The fourth-order valence-corrected chi connectivity index (χ4v) is 2.37. The van der Waals surface area contributed by atoms with Gasteiger partial charge in [0.2, 0.25) is 0 Å². The van der Waals surface area contributed by atoms with Crippen LogP contribution in [0.3, 0.4) is 0 Å². The van der Waals surface area contributed by atoms with E-state index < -0.39 is 0 Å². The fraction of sp³-hybridized carbons (Fsp3) is 0.909. The summed E-state index contributed by atoms with van der Waals surface area (Å²) in [6.45, 7) is 3.29.